The minimum Gasteiger partial charge on any atom is -0.268 e. The zero-order valence-corrected chi connectivity index (χ0v) is 14.2. The number of aryl methyl sites for hydroxylation is 1. The zero-order valence-electron chi connectivity index (χ0n) is 11.8. The molecule has 2 aromatic heterocycles. The van der Waals surface area contributed by atoms with Gasteiger partial charge in [-0.25, -0.2) is 4.98 Å². The highest BCUT2D eigenvalue weighted by Gasteiger charge is 2.10. The van der Waals surface area contributed by atoms with E-state index in [2.05, 4.69) is 50.0 Å². The largest absolute Gasteiger partial charge is 0.268 e. The number of rotatable bonds is 2. The first-order valence-corrected chi connectivity index (χ1v) is 8.18. The van der Waals surface area contributed by atoms with Crippen molar-refractivity contribution in [3.05, 3.63) is 58.8 Å². The SMILES string of the molecule is CC.Cc1cc2c(Br)ccnc2n1Sc1ccccc1. The molecule has 20 heavy (non-hydrogen) atoms. The topological polar surface area (TPSA) is 17.8 Å². The summed E-state index contributed by atoms with van der Waals surface area (Å²) in [5.41, 5.74) is 2.19. The fraction of sp³-hybridized carbons (Fsp3) is 0.188. The summed E-state index contributed by atoms with van der Waals surface area (Å²) >= 11 is 5.26. The zero-order chi connectivity index (χ0) is 14.5. The molecule has 0 radical (unpaired) electrons. The molecule has 0 bridgehead atoms. The molecule has 0 amide bonds. The van der Waals surface area contributed by atoms with E-state index in [1.54, 1.807) is 11.9 Å². The summed E-state index contributed by atoms with van der Waals surface area (Å²) in [5, 5.41) is 1.15. The van der Waals surface area contributed by atoms with Gasteiger partial charge in [0, 0.05) is 26.6 Å². The van der Waals surface area contributed by atoms with Crippen LogP contribution in [0, 0.1) is 6.92 Å². The average molecular weight is 349 g/mol. The highest BCUT2D eigenvalue weighted by atomic mass is 79.9. The van der Waals surface area contributed by atoms with Crippen LogP contribution < -0.4 is 0 Å². The minimum atomic E-state index is 0.996. The van der Waals surface area contributed by atoms with Gasteiger partial charge in [0.15, 0.2) is 5.65 Å². The van der Waals surface area contributed by atoms with E-state index in [1.807, 2.05) is 44.3 Å². The van der Waals surface area contributed by atoms with Gasteiger partial charge in [0.25, 0.3) is 0 Å². The summed E-state index contributed by atoms with van der Waals surface area (Å²) in [7, 11) is 0. The van der Waals surface area contributed by atoms with E-state index >= 15 is 0 Å². The molecule has 0 saturated heterocycles. The average Bonchev–Trinajstić information content (AvgIpc) is 2.81. The highest BCUT2D eigenvalue weighted by Crippen LogP contribution is 2.31. The van der Waals surface area contributed by atoms with Crippen molar-refractivity contribution in [2.45, 2.75) is 25.7 Å². The Morgan fingerprint density at radius 3 is 2.50 bits per heavy atom. The van der Waals surface area contributed by atoms with Crippen LogP contribution in [0.25, 0.3) is 11.0 Å². The first-order chi connectivity index (χ1) is 9.75. The molecule has 2 nitrogen and oxygen atoms in total. The monoisotopic (exact) mass is 348 g/mol. The molecular weight excluding hydrogens is 332 g/mol. The number of nitrogens with zero attached hydrogens (tertiary/aromatic N) is 2. The molecule has 0 atom stereocenters. The van der Waals surface area contributed by atoms with E-state index in [0.717, 1.165) is 15.5 Å². The van der Waals surface area contributed by atoms with E-state index in [9.17, 15) is 0 Å². The predicted molar refractivity (Wildman–Crippen MR) is 91.2 cm³/mol. The lowest BCUT2D eigenvalue weighted by molar-refractivity contribution is 1.17. The second kappa shape index (κ2) is 6.95. The third-order valence-corrected chi connectivity index (χ3v) is 4.54. The smallest absolute Gasteiger partial charge is 0.151 e. The summed E-state index contributed by atoms with van der Waals surface area (Å²) in [6.07, 6.45) is 1.83. The number of pyridine rings is 1. The quantitative estimate of drug-likeness (QED) is 0.592. The molecule has 0 spiro atoms. The fourth-order valence-electron chi connectivity index (χ4n) is 1.87. The van der Waals surface area contributed by atoms with E-state index < -0.39 is 0 Å². The van der Waals surface area contributed by atoms with Gasteiger partial charge >= 0.3 is 0 Å². The van der Waals surface area contributed by atoms with Crippen LogP contribution in [-0.4, -0.2) is 8.96 Å². The summed E-state index contributed by atoms with van der Waals surface area (Å²) < 4.78 is 3.25. The number of halogens is 1. The second-order valence-corrected chi connectivity index (χ2v) is 5.89. The van der Waals surface area contributed by atoms with Crippen LogP contribution in [0.2, 0.25) is 0 Å². The molecule has 2 heterocycles. The molecule has 0 aliphatic heterocycles. The Morgan fingerprint density at radius 1 is 1.10 bits per heavy atom. The normalized spacial score (nSPS) is 10.2. The van der Waals surface area contributed by atoms with Gasteiger partial charge in [-0.1, -0.05) is 32.0 Å². The Hall–Kier alpha value is -1.26. The Balaban J connectivity index is 0.000000704. The van der Waals surface area contributed by atoms with Crippen LogP contribution in [-0.2, 0) is 0 Å². The third kappa shape index (κ3) is 3.07. The van der Waals surface area contributed by atoms with Gasteiger partial charge in [-0.05, 0) is 59.1 Å². The summed E-state index contributed by atoms with van der Waals surface area (Å²) in [6, 6.07) is 14.5. The van der Waals surface area contributed by atoms with Crippen molar-refractivity contribution in [3.8, 4) is 0 Å². The van der Waals surface area contributed by atoms with Gasteiger partial charge in [-0.2, -0.15) is 0 Å². The Labute approximate surface area is 132 Å². The molecule has 0 unspecified atom stereocenters. The Bertz CT molecular complexity index is 692. The highest BCUT2D eigenvalue weighted by molar-refractivity contribution is 9.10. The molecule has 4 heteroatoms. The van der Waals surface area contributed by atoms with Crippen molar-refractivity contribution < 1.29 is 0 Å². The second-order valence-electron chi connectivity index (χ2n) is 4.01. The Morgan fingerprint density at radius 2 is 1.80 bits per heavy atom. The van der Waals surface area contributed by atoms with Gasteiger partial charge in [-0.15, -0.1) is 0 Å². The van der Waals surface area contributed by atoms with Gasteiger partial charge in [0.1, 0.15) is 0 Å². The first-order valence-electron chi connectivity index (χ1n) is 6.61. The lowest BCUT2D eigenvalue weighted by Gasteiger charge is -2.06. The molecule has 0 saturated carbocycles. The van der Waals surface area contributed by atoms with Crippen LogP contribution in [0.3, 0.4) is 0 Å². The van der Waals surface area contributed by atoms with Gasteiger partial charge < -0.3 is 0 Å². The maximum atomic E-state index is 4.47. The fourth-order valence-corrected chi connectivity index (χ4v) is 3.20. The maximum Gasteiger partial charge on any atom is 0.151 e. The number of fused-ring (bicyclic) bond motifs is 1. The number of hydrogen-bond donors (Lipinski definition) is 0. The molecule has 1 aromatic carbocycles. The van der Waals surface area contributed by atoms with Crippen molar-refractivity contribution in [1.29, 1.82) is 0 Å². The molecule has 104 valence electrons. The van der Waals surface area contributed by atoms with Crippen LogP contribution in [0.15, 0.2) is 58.0 Å². The summed E-state index contributed by atoms with van der Waals surface area (Å²) in [4.78, 5) is 5.68. The summed E-state index contributed by atoms with van der Waals surface area (Å²) in [5.74, 6) is 0. The Kier molecular flexibility index (Phi) is 5.26. The summed E-state index contributed by atoms with van der Waals surface area (Å²) in [6.45, 7) is 6.10. The number of hydrogen-bond acceptors (Lipinski definition) is 2. The van der Waals surface area contributed by atoms with Crippen molar-refractivity contribution in [1.82, 2.24) is 8.96 Å². The maximum absolute atomic E-state index is 4.47. The number of benzene rings is 1. The van der Waals surface area contributed by atoms with Crippen molar-refractivity contribution in [3.63, 3.8) is 0 Å². The molecule has 0 aliphatic rings. The molecule has 3 aromatic rings. The van der Waals surface area contributed by atoms with E-state index in [-0.39, 0.29) is 0 Å². The standard InChI is InChI=1S/C14H11BrN2S.C2H6/c1-10-9-12-13(15)7-8-16-14(12)17(10)18-11-5-3-2-4-6-11;1-2/h2-9H,1H3;1-2H3. The molecular formula is C16H17BrN2S. The third-order valence-electron chi connectivity index (χ3n) is 2.72. The van der Waals surface area contributed by atoms with Gasteiger partial charge in [-0.3, -0.25) is 3.97 Å². The van der Waals surface area contributed by atoms with Crippen molar-refractivity contribution in [2.24, 2.45) is 0 Å². The van der Waals surface area contributed by atoms with Crippen molar-refractivity contribution in [2.75, 3.05) is 0 Å². The first kappa shape index (κ1) is 15.1. The van der Waals surface area contributed by atoms with E-state index in [4.69, 9.17) is 0 Å². The van der Waals surface area contributed by atoms with Crippen LogP contribution in [0.1, 0.15) is 19.5 Å². The minimum absolute atomic E-state index is 0.996. The van der Waals surface area contributed by atoms with Gasteiger partial charge in [0.2, 0.25) is 0 Å². The van der Waals surface area contributed by atoms with Crippen LogP contribution >= 0.6 is 27.9 Å². The molecule has 0 aliphatic carbocycles. The molecule has 3 rings (SSSR count). The van der Waals surface area contributed by atoms with E-state index in [0.29, 0.717) is 0 Å². The molecule has 0 fully saturated rings. The van der Waals surface area contributed by atoms with Gasteiger partial charge in [0.05, 0.1) is 0 Å². The number of aromatic nitrogens is 2. The predicted octanol–water partition coefficient (Wildman–Crippen LogP) is 5.69. The van der Waals surface area contributed by atoms with Crippen molar-refractivity contribution >= 4 is 38.9 Å². The lowest BCUT2D eigenvalue weighted by atomic mass is 10.3. The van der Waals surface area contributed by atoms with Crippen LogP contribution in [0.4, 0.5) is 0 Å². The lowest BCUT2D eigenvalue weighted by Crippen LogP contribution is -1.91. The van der Waals surface area contributed by atoms with E-state index in [1.165, 1.54) is 10.6 Å². The van der Waals surface area contributed by atoms with Crippen LogP contribution in [0.5, 0.6) is 0 Å². The molecule has 0 N–H and O–H groups in total.